The van der Waals surface area contributed by atoms with E-state index in [2.05, 4.69) is 4.98 Å². The maximum atomic E-state index is 5.49. The molecule has 2 aromatic rings. The fourth-order valence-electron chi connectivity index (χ4n) is 1.47. The third-order valence-electron chi connectivity index (χ3n) is 2.48. The lowest BCUT2D eigenvalue weighted by molar-refractivity contribution is 0.415. The zero-order valence-electron chi connectivity index (χ0n) is 9.88. The molecule has 90 valence electrons. The van der Waals surface area contributed by atoms with Gasteiger partial charge in [-0.05, 0) is 12.1 Å². The van der Waals surface area contributed by atoms with Crippen LogP contribution < -0.4 is 15.4 Å². The van der Waals surface area contributed by atoms with E-state index in [4.69, 9.17) is 14.9 Å². The summed E-state index contributed by atoms with van der Waals surface area (Å²) in [4.78, 5) is 6.09. The number of hydrogen-bond donors (Lipinski definition) is 1. The fraction of sp³-hybridized carbons (Fsp3) is 0.250. The van der Waals surface area contributed by atoms with Crippen LogP contribution in [-0.2, 0) is 6.54 Å². The first-order valence-electron chi connectivity index (χ1n) is 5.27. The molecule has 0 saturated heterocycles. The first-order chi connectivity index (χ1) is 8.24. The standard InChI is InChI=1S/C12H15N3O2/c1-15(12-14-9(7-13)8-17-12)10-4-3-5-11(6-10)16-2/h3-6,8H,7,13H2,1-2H3. The number of rotatable bonds is 4. The highest BCUT2D eigenvalue weighted by Gasteiger charge is 2.10. The van der Waals surface area contributed by atoms with Crippen LogP contribution in [0.5, 0.6) is 5.75 Å². The van der Waals surface area contributed by atoms with Gasteiger partial charge in [-0.25, -0.2) is 0 Å². The van der Waals surface area contributed by atoms with E-state index in [9.17, 15) is 0 Å². The normalized spacial score (nSPS) is 10.3. The Balaban J connectivity index is 2.26. The Morgan fingerprint density at radius 1 is 1.47 bits per heavy atom. The third-order valence-corrected chi connectivity index (χ3v) is 2.48. The van der Waals surface area contributed by atoms with Gasteiger partial charge in [0.1, 0.15) is 12.0 Å². The van der Waals surface area contributed by atoms with Crippen molar-refractivity contribution in [2.45, 2.75) is 6.54 Å². The molecule has 2 N–H and O–H groups in total. The zero-order valence-corrected chi connectivity index (χ0v) is 9.88. The van der Waals surface area contributed by atoms with E-state index in [1.807, 2.05) is 36.2 Å². The highest BCUT2D eigenvalue weighted by atomic mass is 16.5. The monoisotopic (exact) mass is 233 g/mol. The van der Waals surface area contributed by atoms with Gasteiger partial charge in [0.15, 0.2) is 0 Å². The number of hydrogen-bond acceptors (Lipinski definition) is 5. The molecule has 0 aliphatic heterocycles. The number of methoxy groups -OCH3 is 1. The smallest absolute Gasteiger partial charge is 0.301 e. The van der Waals surface area contributed by atoms with Crippen LogP contribution in [0.4, 0.5) is 11.7 Å². The summed E-state index contributed by atoms with van der Waals surface area (Å²) in [6, 6.07) is 8.18. The van der Waals surface area contributed by atoms with Gasteiger partial charge in [0, 0.05) is 25.3 Å². The van der Waals surface area contributed by atoms with Gasteiger partial charge in [-0.15, -0.1) is 0 Å². The number of nitrogens with two attached hydrogens (primary N) is 1. The van der Waals surface area contributed by atoms with Crippen molar-refractivity contribution in [2.75, 3.05) is 19.1 Å². The van der Waals surface area contributed by atoms with Crippen LogP contribution in [-0.4, -0.2) is 19.1 Å². The Labute approximate surface area is 99.8 Å². The lowest BCUT2D eigenvalue weighted by atomic mass is 10.3. The van der Waals surface area contributed by atoms with Crippen molar-refractivity contribution in [1.29, 1.82) is 0 Å². The highest BCUT2D eigenvalue weighted by Crippen LogP contribution is 2.25. The molecule has 2 rings (SSSR count). The molecule has 0 radical (unpaired) electrons. The minimum atomic E-state index is 0.370. The molecule has 0 fully saturated rings. The van der Waals surface area contributed by atoms with Gasteiger partial charge in [0.25, 0.3) is 0 Å². The highest BCUT2D eigenvalue weighted by molar-refractivity contribution is 5.57. The van der Waals surface area contributed by atoms with Crippen molar-refractivity contribution in [3.05, 3.63) is 36.2 Å². The summed E-state index contributed by atoms with van der Waals surface area (Å²) in [6.45, 7) is 0.370. The second kappa shape index (κ2) is 4.88. The van der Waals surface area contributed by atoms with E-state index >= 15 is 0 Å². The van der Waals surface area contributed by atoms with E-state index in [-0.39, 0.29) is 0 Å². The summed E-state index contributed by atoms with van der Waals surface area (Å²) in [5.41, 5.74) is 7.16. The van der Waals surface area contributed by atoms with Gasteiger partial charge < -0.3 is 14.9 Å². The number of oxazole rings is 1. The van der Waals surface area contributed by atoms with Gasteiger partial charge in [0.05, 0.1) is 12.8 Å². The maximum absolute atomic E-state index is 5.49. The molecular formula is C12H15N3O2. The minimum absolute atomic E-state index is 0.370. The van der Waals surface area contributed by atoms with Crippen LogP contribution in [0, 0.1) is 0 Å². The van der Waals surface area contributed by atoms with E-state index in [0.29, 0.717) is 12.6 Å². The van der Waals surface area contributed by atoms with Gasteiger partial charge >= 0.3 is 6.01 Å². The second-order valence-corrected chi connectivity index (χ2v) is 3.59. The number of nitrogens with zero attached hydrogens (tertiary/aromatic N) is 2. The Morgan fingerprint density at radius 2 is 2.29 bits per heavy atom. The van der Waals surface area contributed by atoms with Crippen molar-refractivity contribution < 1.29 is 9.15 Å². The predicted molar refractivity (Wildman–Crippen MR) is 65.5 cm³/mol. The summed E-state index contributed by atoms with van der Waals surface area (Å²) in [7, 11) is 3.51. The molecule has 0 atom stereocenters. The van der Waals surface area contributed by atoms with E-state index < -0.39 is 0 Å². The summed E-state index contributed by atoms with van der Waals surface area (Å²) < 4.78 is 10.5. The van der Waals surface area contributed by atoms with Crippen LogP contribution in [0.2, 0.25) is 0 Å². The molecule has 1 heterocycles. The molecule has 0 saturated carbocycles. The van der Waals surface area contributed by atoms with Crippen LogP contribution in [0.15, 0.2) is 34.9 Å². The second-order valence-electron chi connectivity index (χ2n) is 3.59. The number of ether oxygens (including phenoxy) is 1. The minimum Gasteiger partial charge on any atom is -0.497 e. The van der Waals surface area contributed by atoms with Crippen molar-refractivity contribution in [3.8, 4) is 5.75 Å². The van der Waals surface area contributed by atoms with Crippen molar-refractivity contribution in [3.63, 3.8) is 0 Å². The molecule has 0 unspecified atom stereocenters. The summed E-state index contributed by atoms with van der Waals surface area (Å²) in [5, 5.41) is 0. The summed E-state index contributed by atoms with van der Waals surface area (Å²) in [6.07, 6.45) is 1.56. The molecule has 5 heteroatoms. The maximum Gasteiger partial charge on any atom is 0.301 e. The van der Waals surface area contributed by atoms with Crippen LogP contribution in [0.25, 0.3) is 0 Å². The first kappa shape index (κ1) is 11.5. The fourth-order valence-corrected chi connectivity index (χ4v) is 1.47. The topological polar surface area (TPSA) is 64.5 Å². The lowest BCUT2D eigenvalue weighted by Crippen LogP contribution is -2.10. The SMILES string of the molecule is COc1cccc(N(C)c2nc(CN)co2)c1. The zero-order chi connectivity index (χ0) is 12.3. The Hall–Kier alpha value is -2.01. The quantitative estimate of drug-likeness (QED) is 0.873. The van der Waals surface area contributed by atoms with E-state index in [0.717, 1.165) is 17.1 Å². The molecule has 0 spiro atoms. The van der Waals surface area contributed by atoms with E-state index in [1.54, 1.807) is 13.4 Å². The van der Waals surface area contributed by atoms with Gasteiger partial charge in [0.2, 0.25) is 0 Å². The molecule has 5 nitrogen and oxygen atoms in total. The Kier molecular flexibility index (Phi) is 3.30. The molecule has 0 bridgehead atoms. The molecular weight excluding hydrogens is 218 g/mol. The van der Waals surface area contributed by atoms with Crippen LogP contribution >= 0.6 is 0 Å². The Bertz CT molecular complexity index is 496. The predicted octanol–water partition coefficient (Wildman–Crippen LogP) is 1.91. The lowest BCUT2D eigenvalue weighted by Gasteiger charge is -2.15. The largest absolute Gasteiger partial charge is 0.497 e. The average Bonchev–Trinajstić information content (AvgIpc) is 2.86. The van der Waals surface area contributed by atoms with Crippen molar-refractivity contribution in [2.24, 2.45) is 5.73 Å². The molecule has 0 amide bonds. The van der Waals surface area contributed by atoms with Crippen molar-refractivity contribution >= 4 is 11.7 Å². The molecule has 1 aromatic carbocycles. The average molecular weight is 233 g/mol. The number of benzene rings is 1. The molecule has 1 aromatic heterocycles. The van der Waals surface area contributed by atoms with Crippen LogP contribution in [0.3, 0.4) is 0 Å². The Morgan fingerprint density at radius 3 is 2.94 bits per heavy atom. The number of anilines is 2. The third kappa shape index (κ3) is 2.39. The first-order valence-corrected chi connectivity index (χ1v) is 5.27. The van der Waals surface area contributed by atoms with E-state index in [1.165, 1.54) is 0 Å². The van der Waals surface area contributed by atoms with Crippen LogP contribution in [0.1, 0.15) is 5.69 Å². The summed E-state index contributed by atoms with van der Waals surface area (Å²) in [5.74, 6) is 0.792. The van der Waals surface area contributed by atoms with Gasteiger partial charge in [-0.1, -0.05) is 6.07 Å². The summed E-state index contributed by atoms with van der Waals surface area (Å²) >= 11 is 0. The molecule has 17 heavy (non-hydrogen) atoms. The van der Waals surface area contributed by atoms with Gasteiger partial charge in [-0.2, -0.15) is 4.98 Å². The molecule has 0 aliphatic carbocycles. The van der Waals surface area contributed by atoms with Gasteiger partial charge in [-0.3, -0.25) is 4.90 Å². The number of aromatic nitrogens is 1. The molecule has 0 aliphatic rings. The van der Waals surface area contributed by atoms with Crippen molar-refractivity contribution in [1.82, 2.24) is 4.98 Å².